The first-order chi connectivity index (χ1) is 17.8. The number of anilines is 4. The predicted molar refractivity (Wildman–Crippen MR) is 146 cm³/mol. The lowest BCUT2D eigenvalue weighted by molar-refractivity contribution is 0.102. The summed E-state index contributed by atoms with van der Waals surface area (Å²) in [6.07, 6.45) is 0. The van der Waals surface area contributed by atoms with Gasteiger partial charge in [0.25, 0.3) is 5.91 Å². The molecule has 3 heterocycles. The number of nitrogens with one attached hydrogen (secondary N) is 4. The number of para-hydroxylation sites is 2. The van der Waals surface area contributed by atoms with E-state index in [0.717, 1.165) is 22.9 Å². The standard InChI is InChI=1S/C24H26FN7O3S2/c1-15-22(24(36-30-15)29-21-12-26-19-7-2-3-8-20(19)28-21)23(33)27-16-5-4-6-17(11-16)31-37(34,35)18-13-32(14-18)10-9-25/h2-8,11,18,26,31H,9-10,12-14H2,1H3,(H,27,33)(H,28,29). The number of halogens is 1. The fraction of sp³-hybridized carbons (Fsp3) is 0.292. The van der Waals surface area contributed by atoms with E-state index in [-0.39, 0.29) is 6.54 Å². The largest absolute Gasteiger partial charge is 0.376 e. The smallest absolute Gasteiger partial charge is 0.260 e. The molecule has 10 nitrogen and oxygen atoms in total. The third-order valence-electron chi connectivity index (χ3n) is 6.10. The van der Waals surface area contributed by atoms with Crippen LogP contribution in [0, 0.1) is 6.92 Å². The minimum absolute atomic E-state index is 0.234. The van der Waals surface area contributed by atoms with Crippen LogP contribution in [0.4, 0.5) is 32.1 Å². The van der Waals surface area contributed by atoms with Crippen molar-refractivity contribution < 1.29 is 17.6 Å². The number of amides is 1. The highest BCUT2D eigenvalue weighted by Gasteiger charge is 2.37. The molecule has 0 spiro atoms. The summed E-state index contributed by atoms with van der Waals surface area (Å²) >= 11 is 1.13. The topological polar surface area (TPSA) is 128 Å². The van der Waals surface area contributed by atoms with Crippen molar-refractivity contribution in [1.29, 1.82) is 0 Å². The molecule has 1 aromatic heterocycles. The minimum atomic E-state index is -3.63. The van der Waals surface area contributed by atoms with Crippen LogP contribution in [0.5, 0.6) is 0 Å². The van der Waals surface area contributed by atoms with E-state index in [0.29, 0.717) is 53.1 Å². The van der Waals surface area contributed by atoms with E-state index in [9.17, 15) is 17.6 Å². The second-order valence-electron chi connectivity index (χ2n) is 8.78. The van der Waals surface area contributed by atoms with Crippen LogP contribution < -0.4 is 20.7 Å². The quantitative estimate of drug-likeness (QED) is 0.341. The number of aryl methyl sites for hydroxylation is 1. The Balaban J connectivity index is 1.28. The first-order valence-electron chi connectivity index (χ1n) is 11.7. The molecule has 37 heavy (non-hydrogen) atoms. The van der Waals surface area contributed by atoms with Crippen LogP contribution in [0.1, 0.15) is 16.1 Å². The Morgan fingerprint density at radius 2 is 1.95 bits per heavy atom. The molecule has 0 bridgehead atoms. The Morgan fingerprint density at radius 1 is 1.19 bits per heavy atom. The molecule has 2 aromatic carbocycles. The number of fused-ring (bicyclic) bond motifs is 1. The second kappa shape index (κ2) is 10.4. The van der Waals surface area contributed by atoms with Gasteiger partial charge < -0.3 is 16.0 Å². The fourth-order valence-electron chi connectivity index (χ4n) is 4.13. The maximum Gasteiger partial charge on any atom is 0.260 e. The molecule has 0 unspecified atom stereocenters. The SMILES string of the molecule is Cc1nsc(N=C2CNc3ccccc3N2)c1C(=O)Nc1cccc(NS(=O)(=O)C2CN(CCF)C2)c1. The number of amidine groups is 1. The third-order valence-corrected chi connectivity index (χ3v) is 8.63. The monoisotopic (exact) mass is 543 g/mol. The number of nitrogens with zero attached hydrogens (tertiary/aromatic N) is 3. The summed E-state index contributed by atoms with van der Waals surface area (Å²) in [5.41, 5.74) is 3.53. The van der Waals surface area contributed by atoms with Crippen molar-refractivity contribution in [3.05, 3.63) is 59.8 Å². The minimum Gasteiger partial charge on any atom is -0.376 e. The highest BCUT2D eigenvalue weighted by molar-refractivity contribution is 7.93. The number of alkyl halides is 1. The number of benzene rings is 2. The van der Waals surface area contributed by atoms with Gasteiger partial charge in [0.2, 0.25) is 10.0 Å². The van der Waals surface area contributed by atoms with Crippen molar-refractivity contribution >= 4 is 61.0 Å². The van der Waals surface area contributed by atoms with Crippen LogP contribution in [0.3, 0.4) is 0 Å². The number of aliphatic imine (C=N–C) groups is 1. The zero-order chi connectivity index (χ0) is 26.0. The van der Waals surface area contributed by atoms with Gasteiger partial charge in [-0.1, -0.05) is 18.2 Å². The number of hydrogen-bond donors (Lipinski definition) is 4. The number of carbonyl (C=O) groups is 1. The van der Waals surface area contributed by atoms with Crippen LogP contribution in [-0.2, 0) is 10.0 Å². The number of likely N-dealkylation sites (tertiary alicyclic amines) is 1. The zero-order valence-corrected chi connectivity index (χ0v) is 21.6. The van der Waals surface area contributed by atoms with Crippen molar-refractivity contribution in [1.82, 2.24) is 9.27 Å². The van der Waals surface area contributed by atoms with Gasteiger partial charge in [-0.05, 0) is 48.8 Å². The van der Waals surface area contributed by atoms with Crippen molar-refractivity contribution in [2.45, 2.75) is 12.2 Å². The van der Waals surface area contributed by atoms with Gasteiger partial charge in [-0.25, -0.2) is 17.8 Å². The molecular formula is C24H26FN7O3S2. The molecule has 194 valence electrons. The molecule has 3 aromatic rings. The molecule has 13 heteroatoms. The van der Waals surface area contributed by atoms with Crippen LogP contribution in [-0.4, -0.2) is 67.5 Å². The van der Waals surface area contributed by atoms with Crippen LogP contribution >= 0.6 is 11.5 Å². The maximum absolute atomic E-state index is 13.2. The van der Waals surface area contributed by atoms with Gasteiger partial charge in [0, 0.05) is 25.3 Å². The van der Waals surface area contributed by atoms with Gasteiger partial charge in [-0.3, -0.25) is 14.4 Å². The molecule has 1 saturated heterocycles. The van der Waals surface area contributed by atoms with Crippen LogP contribution in [0.2, 0.25) is 0 Å². The number of sulfonamides is 1. The first kappa shape index (κ1) is 25.1. The Morgan fingerprint density at radius 3 is 2.73 bits per heavy atom. The molecule has 0 atom stereocenters. The third kappa shape index (κ3) is 5.58. The Labute approximate surface area is 218 Å². The molecule has 1 fully saturated rings. The summed E-state index contributed by atoms with van der Waals surface area (Å²) in [6.45, 7) is 2.54. The number of aromatic nitrogens is 1. The maximum atomic E-state index is 13.2. The van der Waals surface area contributed by atoms with Gasteiger partial charge in [-0.15, -0.1) is 0 Å². The van der Waals surface area contributed by atoms with Gasteiger partial charge in [0.05, 0.1) is 34.9 Å². The molecular weight excluding hydrogens is 517 g/mol. The fourth-order valence-corrected chi connectivity index (χ4v) is 6.37. The first-order valence-corrected chi connectivity index (χ1v) is 14.0. The summed E-state index contributed by atoms with van der Waals surface area (Å²) in [6, 6.07) is 14.3. The Kier molecular flexibility index (Phi) is 7.09. The zero-order valence-electron chi connectivity index (χ0n) is 20.0. The summed E-state index contributed by atoms with van der Waals surface area (Å²) in [4.78, 5) is 19.6. The van der Waals surface area contributed by atoms with Crippen molar-refractivity contribution in [3.63, 3.8) is 0 Å². The average molecular weight is 544 g/mol. The summed E-state index contributed by atoms with van der Waals surface area (Å²) in [5.74, 6) is 0.268. The summed E-state index contributed by atoms with van der Waals surface area (Å²) in [7, 11) is -3.63. The highest BCUT2D eigenvalue weighted by Crippen LogP contribution is 2.31. The molecule has 5 rings (SSSR count). The second-order valence-corrected chi connectivity index (χ2v) is 11.5. The predicted octanol–water partition coefficient (Wildman–Crippen LogP) is 3.67. The Bertz CT molecular complexity index is 1450. The number of carbonyl (C=O) groups excluding carboxylic acids is 1. The molecule has 1 amide bonds. The van der Waals surface area contributed by atoms with E-state index in [4.69, 9.17) is 0 Å². The normalized spacial score (nSPS) is 16.9. The van der Waals surface area contributed by atoms with Gasteiger partial charge >= 0.3 is 0 Å². The van der Waals surface area contributed by atoms with Gasteiger partial charge in [0.1, 0.15) is 17.8 Å². The van der Waals surface area contributed by atoms with E-state index >= 15 is 0 Å². The van der Waals surface area contributed by atoms with E-state index in [1.807, 2.05) is 24.3 Å². The molecule has 0 radical (unpaired) electrons. The van der Waals surface area contributed by atoms with E-state index in [2.05, 4.69) is 30.0 Å². The molecule has 0 aliphatic carbocycles. The van der Waals surface area contributed by atoms with E-state index < -0.39 is 27.9 Å². The summed E-state index contributed by atoms with van der Waals surface area (Å²) in [5, 5.41) is 9.26. The van der Waals surface area contributed by atoms with Crippen molar-refractivity contribution in [2.75, 3.05) is 53.5 Å². The molecule has 2 aliphatic heterocycles. The van der Waals surface area contributed by atoms with E-state index in [1.165, 1.54) is 0 Å². The van der Waals surface area contributed by atoms with Gasteiger partial charge in [0.15, 0.2) is 5.00 Å². The lowest BCUT2D eigenvalue weighted by Gasteiger charge is -2.37. The van der Waals surface area contributed by atoms with Crippen molar-refractivity contribution in [3.8, 4) is 0 Å². The lowest BCUT2D eigenvalue weighted by Crippen LogP contribution is -2.56. The number of hydrogen-bond acceptors (Lipinski definition) is 8. The lowest BCUT2D eigenvalue weighted by atomic mass is 10.2. The molecule has 0 saturated carbocycles. The summed E-state index contributed by atoms with van der Waals surface area (Å²) < 4.78 is 44.6. The molecule has 2 aliphatic rings. The molecule has 4 N–H and O–H groups in total. The Hall–Kier alpha value is -3.55. The van der Waals surface area contributed by atoms with E-state index in [1.54, 1.807) is 36.1 Å². The van der Waals surface area contributed by atoms with Crippen molar-refractivity contribution in [2.24, 2.45) is 4.99 Å². The number of rotatable bonds is 8. The van der Waals surface area contributed by atoms with Crippen LogP contribution in [0.15, 0.2) is 53.5 Å². The highest BCUT2D eigenvalue weighted by atomic mass is 32.2. The average Bonchev–Trinajstić information content (AvgIpc) is 3.20. The van der Waals surface area contributed by atoms with Crippen LogP contribution in [0.25, 0.3) is 0 Å². The van der Waals surface area contributed by atoms with Gasteiger partial charge in [-0.2, -0.15) is 4.37 Å².